The van der Waals surface area contributed by atoms with E-state index in [0.717, 1.165) is 6.92 Å². The predicted octanol–water partition coefficient (Wildman–Crippen LogP) is -2.97. The van der Waals surface area contributed by atoms with Crippen molar-refractivity contribution < 1.29 is 66.1 Å². The van der Waals surface area contributed by atoms with E-state index >= 15 is 0 Å². The summed E-state index contributed by atoms with van der Waals surface area (Å²) < 4.78 is 58.5. The van der Waals surface area contributed by atoms with Gasteiger partial charge in [0.15, 0.2) is 12.4 Å². The topological polar surface area (TPSA) is 228 Å². The molecule has 34 heavy (non-hydrogen) atoms. The van der Waals surface area contributed by atoms with Crippen molar-refractivity contribution in [2.24, 2.45) is 5.92 Å². The number of carboxylic acids is 1. The molecule has 2 rings (SSSR count). The van der Waals surface area contributed by atoms with E-state index in [0.29, 0.717) is 0 Å². The van der Waals surface area contributed by atoms with E-state index in [4.69, 9.17) is 18.9 Å². The second-order valence-corrected chi connectivity index (χ2v) is 9.01. The normalized spacial score (nSPS) is 38.9. The summed E-state index contributed by atoms with van der Waals surface area (Å²) in [5.41, 5.74) is 0. The third kappa shape index (κ3) is 6.81. The lowest BCUT2D eigenvalue weighted by Crippen LogP contribution is -2.66. The summed E-state index contributed by atoms with van der Waals surface area (Å²) in [5.74, 6) is -2.86. The Kier molecular flexibility index (Phi) is 10.1. The van der Waals surface area contributed by atoms with E-state index in [-0.39, 0.29) is 6.42 Å². The smallest absolute Gasteiger partial charge is 0.397 e. The van der Waals surface area contributed by atoms with Crippen molar-refractivity contribution >= 4 is 22.3 Å². The van der Waals surface area contributed by atoms with E-state index < -0.39 is 96.5 Å². The number of ether oxygens (including phenoxy) is 4. The molecule has 198 valence electrons. The maximum absolute atomic E-state index is 11.8. The van der Waals surface area contributed by atoms with Crippen molar-refractivity contribution in [2.45, 2.75) is 75.3 Å². The molecule has 0 aliphatic carbocycles. The molecule has 2 heterocycles. The molecule has 0 bridgehead atoms. The van der Waals surface area contributed by atoms with Gasteiger partial charge in [-0.25, -0.2) is 8.98 Å². The summed E-state index contributed by atoms with van der Waals surface area (Å²) in [7, 11) is -3.88. The van der Waals surface area contributed by atoms with Crippen LogP contribution >= 0.6 is 0 Å². The highest BCUT2D eigenvalue weighted by Gasteiger charge is 2.51. The summed E-state index contributed by atoms with van der Waals surface area (Å²) in [6.45, 7) is 1.37. The molecule has 2 aliphatic rings. The number of aliphatic carboxylic acids is 1. The molecule has 0 aromatic rings. The Morgan fingerprint density at radius 3 is 2.21 bits per heavy atom. The number of carbonyl (C=O) groups is 2. The third-order valence-corrected chi connectivity index (χ3v) is 6.17. The SMILES string of the molecule is CCC1C(C(=O)O)OC(COC2C(NC(C)=O)C(OC)OC(CO)C2OS(=O)(=O)O)C(O)C1O. The minimum absolute atomic E-state index is 0.200. The fourth-order valence-electron chi connectivity index (χ4n) is 4.16. The van der Waals surface area contributed by atoms with Crippen LogP contribution in [0.25, 0.3) is 0 Å². The molecule has 6 N–H and O–H groups in total. The van der Waals surface area contributed by atoms with Crippen LogP contribution in [-0.2, 0) is 43.1 Å². The number of hydrogen-bond acceptors (Lipinski definition) is 12. The van der Waals surface area contributed by atoms with Gasteiger partial charge >= 0.3 is 16.4 Å². The highest BCUT2D eigenvalue weighted by atomic mass is 32.3. The van der Waals surface area contributed by atoms with Crippen LogP contribution in [0.3, 0.4) is 0 Å². The van der Waals surface area contributed by atoms with Crippen molar-refractivity contribution in [1.29, 1.82) is 0 Å². The summed E-state index contributed by atoms with van der Waals surface area (Å²) in [6, 6.07) is -1.23. The fourth-order valence-corrected chi connectivity index (χ4v) is 4.67. The number of methoxy groups -OCH3 is 1. The Morgan fingerprint density at radius 1 is 1.09 bits per heavy atom. The zero-order chi connectivity index (χ0) is 25.8. The molecule has 0 saturated carbocycles. The Hall–Kier alpha value is -1.47. The second kappa shape index (κ2) is 12.0. The van der Waals surface area contributed by atoms with Gasteiger partial charge in [0, 0.05) is 20.0 Å². The molecule has 0 aromatic carbocycles. The van der Waals surface area contributed by atoms with Crippen molar-refractivity contribution in [2.75, 3.05) is 20.3 Å². The maximum atomic E-state index is 11.8. The fraction of sp³-hybridized carbons (Fsp3) is 0.889. The van der Waals surface area contributed by atoms with Gasteiger partial charge in [-0.2, -0.15) is 8.42 Å². The Labute approximate surface area is 195 Å². The maximum Gasteiger partial charge on any atom is 0.397 e. The molecular formula is C18H31NO14S. The number of amides is 1. The van der Waals surface area contributed by atoms with Crippen LogP contribution in [0.4, 0.5) is 0 Å². The van der Waals surface area contributed by atoms with Crippen LogP contribution in [-0.4, -0.2) is 121 Å². The molecule has 10 unspecified atom stereocenters. The summed E-state index contributed by atoms with van der Waals surface area (Å²) in [5, 5.41) is 42.4. The molecule has 10 atom stereocenters. The van der Waals surface area contributed by atoms with E-state index in [1.165, 1.54) is 7.11 Å². The molecule has 2 saturated heterocycles. The van der Waals surface area contributed by atoms with Crippen LogP contribution in [0.5, 0.6) is 0 Å². The number of rotatable bonds is 10. The number of carbonyl (C=O) groups excluding carboxylic acids is 1. The largest absolute Gasteiger partial charge is 0.479 e. The van der Waals surface area contributed by atoms with Crippen molar-refractivity contribution in [3.05, 3.63) is 0 Å². The van der Waals surface area contributed by atoms with Crippen molar-refractivity contribution in [3.63, 3.8) is 0 Å². The number of aliphatic hydroxyl groups is 3. The van der Waals surface area contributed by atoms with Gasteiger partial charge in [0.05, 0.1) is 19.3 Å². The average molecular weight is 518 g/mol. The van der Waals surface area contributed by atoms with Gasteiger partial charge in [-0.1, -0.05) is 6.92 Å². The summed E-state index contributed by atoms with van der Waals surface area (Å²) in [6.07, 6.45) is -11.5. The minimum Gasteiger partial charge on any atom is -0.479 e. The monoisotopic (exact) mass is 517 g/mol. The number of carboxylic acid groups (broad SMARTS) is 1. The van der Waals surface area contributed by atoms with Gasteiger partial charge in [0.25, 0.3) is 0 Å². The van der Waals surface area contributed by atoms with E-state index in [1.807, 2.05) is 0 Å². The van der Waals surface area contributed by atoms with Crippen LogP contribution in [0.1, 0.15) is 20.3 Å². The zero-order valence-corrected chi connectivity index (χ0v) is 19.5. The van der Waals surface area contributed by atoms with Gasteiger partial charge in [-0.3, -0.25) is 9.35 Å². The lowest BCUT2D eigenvalue weighted by atomic mass is 9.85. The highest BCUT2D eigenvalue weighted by Crippen LogP contribution is 2.31. The van der Waals surface area contributed by atoms with E-state index in [2.05, 4.69) is 9.50 Å². The number of hydrogen-bond donors (Lipinski definition) is 6. The van der Waals surface area contributed by atoms with E-state index in [1.54, 1.807) is 6.92 Å². The molecule has 1 amide bonds. The van der Waals surface area contributed by atoms with Crippen LogP contribution in [0.2, 0.25) is 0 Å². The Morgan fingerprint density at radius 2 is 1.74 bits per heavy atom. The zero-order valence-electron chi connectivity index (χ0n) is 18.7. The van der Waals surface area contributed by atoms with Gasteiger partial charge < -0.3 is 44.7 Å². The first kappa shape index (κ1) is 28.8. The molecule has 2 fully saturated rings. The highest BCUT2D eigenvalue weighted by molar-refractivity contribution is 7.80. The molecule has 16 heteroatoms. The Bertz CT molecular complexity index is 808. The molecule has 0 spiro atoms. The quantitative estimate of drug-likeness (QED) is 0.159. The summed E-state index contributed by atoms with van der Waals surface area (Å²) >= 11 is 0. The van der Waals surface area contributed by atoms with Crippen LogP contribution < -0.4 is 5.32 Å². The lowest BCUT2D eigenvalue weighted by molar-refractivity contribution is -0.275. The molecule has 15 nitrogen and oxygen atoms in total. The molecular weight excluding hydrogens is 486 g/mol. The molecule has 0 aromatic heterocycles. The molecule has 2 aliphatic heterocycles. The first-order valence-electron chi connectivity index (χ1n) is 10.4. The lowest BCUT2D eigenvalue weighted by Gasteiger charge is -2.46. The van der Waals surface area contributed by atoms with Gasteiger partial charge in [-0.05, 0) is 6.42 Å². The first-order chi connectivity index (χ1) is 15.8. The average Bonchev–Trinajstić information content (AvgIpc) is 2.74. The van der Waals surface area contributed by atoms with Crippen molar-refractivity contribution in [1.82, 2.24) is 5.32 Å². The van der Waals surface area contributed by atoms with Crippen molar-refractivity contribution in [3.8, 4) is 0 Å². The number of nitrogens with one attached hydrogen (secondary N) is 1. The van der Waals surface area contributed by atoms with Gasteiger partial charge in [-0.15, -0.1) is 0 Å². The molecule has 0 radical (unpaired) electrons. The van der Waals surface area contributed by atoms with Gasteiger partial charge in [0.1, 0.15) is 36.6 Å². The minimum atomic E-state index is -5.09. The summed E-state index contributed by atoms with van der Waals surface area (Å²) in [4.78, 5) is 23.3. The van der Waals surface area contributed by atoms with Crippen LogP contribution in [0.15, 0.2) is 0 Å². The second-order valence-electron chi connectivity index (χ2n) is 7.96. The Balaban J connectivity index is 2.34. The van der Waals surface area contributed by atoms with Crippen LogP contribution in [0, 0.1) is 5.92 Å². The van der Waals surface area contributed by atoms with E-state index in [9.17, 15) is 43.0 Å². The third-order valence-electron chi connectivity index (χ3n) is 5.71. The standard InChI is InChI=1S/C18H31NO14S/c1-4-8-12(22)13(23)10(31-14(8)17(24)25)6-30-16-11(19-7(2)21)18(29-3)32-9(5-20)15(16)33-34(26,27)28/h8-16,18,20,22-23H,4-6H2,1-3H3,(H,19,21)(H,24,25)(H,26,27,28). The first-order valence-corrected chi connectivity index (χ1v) is 11.8. The number of aliphatic hydroxyl groups excluding tert-OH is 3. The van der Waals surface area contributed by atoms with Gasteiger partial charge in [0.2, 0.25) is 5.91 Å². The predicted molar refractivity (Wildman–Crippen MR) is 109 cm³/mol.